The highest BCUT2D eigenvalue weighted by Crippen LogP contribution is 2.17. The maximum absolute atomic E-state index is 11.8. The standard InChI is InChI=1S/C18H22N2O3/c1-20-17(22)18(19,13-21)11-14-7-9-16(10-8-14)23-12-15-5-3-2-4-6-15/h2-10,21H,11-13,19H2,1H3,(H,20,22)/t18-/m1/s1. The van der Waals surface area contributed by atoms with E-state index < -0.39 is 12.1 Å². The summed E-state index contributed by atoms with van der Waals surface area (Å²) < 4.78 is 5.71. The summed E-state index contributed by atoms with van der Waals surface area (Å²) in [6, 6.07) is 17.3. The van der Waals surface area contributed by atoms with Crippen LogP contribution in [0.1, 0.15) is 11.1 Å². The van der Waals surface area contributed by atoms with Crippen LogP contribution in [0.15, 0.2) is 54.6 Å². The van der Waals surface area contributed by atoms with Gasteiger partial charge in [0.2, 0.25) is 5.91 Å². The number of ether oxygens (including phenoxy) is 1. The van der Waals surface area contributed by atoms with Gasteiger partial charge in [-0.25, -0.2) is 0 Å². The van der Waals surface area contributed by atoms with Crippen molar-refractivity contribution in [3.05, 3.63) is 65.7 Å². The minimum Gasteiger partial charge on any atom is -0.489 e. The van der Waals surface area contributed by atoms with Crippen LogP contribution < -0.4 is 15.8 Å². The average Bonchev–Trinajstić information content (AvgIpc) is 2.61. The maximum Gasteiger partial charge on any atom is 0.242 e. The molecular weight excluding hydrogens is 292 g/mol. The van der Waals surface area contributed by atoms with Crippen LogP contribution in [0.5, 0.6) is 5.75 Å². The Morgan fingerprint density at radius 1 is 1.13 bits per heavy atom. The predicted molar refractivity (Wildman–Crippen MR) is 89.0 cm³/mol. The molecule has 1 atom stereocenters. The zero-order chi connectivity index (χ0) is 16.7. The summed E-state index contributed by atoms with van der Waals surface area (Å²) in [5, 5.41) is 11.9. The molecule has 0 heterocycles. The lowest BCUT2D eigenvalue weighted by atomic mass is 9.91. The van der Waals surface area contributed by atoms with E-state index in [1.807, 2.05) is 54.6 Å². The van der Waals surface area contributed by atoms with Crippen molar-refractivity contribution in [2.75, 3.05) is 13.7 Å². The number of carbonyl (C=O) groups is 1. The summed E-state index contributed by atoms with van der Waals surface area (Å²) >= 11 is 0. The molecule has 2 rings (SSSR count). The number of likely N-dealkylation sites (N-methyl/N-ethyl adjacent to an activating group) is 1. The Labute approximate surface area is 136 Å². The Morgan fingerprint density at radius 2 is 1.78 bits per heavy atom. The van der Waals surface area contributed by atoms with Crippen LogP contribution in [-0.2, 0) is 17.8 Å². The van der Waals surface area contributed by atoms with E-state index >= 15 is 0 Å². The lowest BCUT2D eigenvalue weighted by Gasteiger charge is -2.25. The third-order valence-corrected chi connectivity index (χ3v) is 3.65. The van der Waals surface area contributed by atoms with Gasteiger partial charge in [-0.05, 0) is 23.3 Å². The molecule has 0 unspecified atom stereocenters. The minimum absolute atomic E-state index is 0.252. The Bertz CT molecular complexity index is 628. The molecule has 23 heavy (non-hydrogen) atoms. The molecule has 5 heteroatoms. The number of benzene rings is 2. The molecule has 0 saturated heterocycles. The molecule has 0 saturated carbocycles. The van der Waals surface area contributed by atoms with Crippen molar-refractivity contribution < 1.29 is 14.6 Å². The first-order valence-electron chi connectivity index (χ1n) is 7.45. The maximum atomic E-state index is 11.8. The fourth-order valence-corrected chi connectivity index (χ4v) is 2.27. The first-order chi connectivity index (χ1) is 11.1. The average molecular weight is 314 g/mol. The molecule has 0 bridgehead atoms. The van der Waals surface area contributed by atoms with E-state index in [0.29, 0.717) is 6.61 Å². The quantitative estimate of drug-likeness (QED) is 0.718. The number of nitrogens with two attached hydrogens (primary N) is 1. The highest BCUT2D eigenvalue weighted by Gasteiger charge is 2.32. The molecule has 1 amide bonds. The van der Waals surface area contributed by atoms with Gasteiger partial charge in [0.25, 0.3) is 0 Å². The van der Waals surface area contributed by atoms with Crippen molar-refractivity contribution in [1.82, 2.24) is 5.32 Å². The van der Waals surface area contributed by atoms with Gasteiger partial charge in [0, 0.05) is 13.5 Å². The molecule has 4 N–H and O–H groups in total. The number of hydrogen-bond acceptors (Lipinski definition) is 4. The molecule has 122 valence electrons. The van der Waals surface area contributed by atoms with E-state index in [1.165, 1.54) is 7.05 Å². The van der Waals surface area contributed by atoms with Crippen LogP contribution in [0.25, 0.3) is 0 Å². The Kier molecular flexibility index (Phi) is 5.73. The zero-order valence-corrected chi connectivity index (χ0v) is 13.2. The van der Waals surface area contributed by atoms with Crippen LogP contribution in [0, 0.1) is 0 Å². The molecule has 5 nitrogen and oxygen atoms in total. The van der Waals surface area contributed by atoms with E-state index in [1.54, 1.807) is 0 Å². The number of hydrogen-bond donors (Lipinski definition) is 3. The van der Waals surface area contributed by atoms with Crippen LogP contribution in [-0.4, -0.2) is 30.2 Å². The number of carbonyl (C=O) groups excluding carboxylic acids is 1. The van der Waals surface area contributed by atoms with Crippen LogP contribution in [0.3, 0.4) is 0 Å². The molecule has 0 spiro atoms. The molecule has 0 aliphatic rings. The molecule has 0 fully saturated rings. The van der Waals surface area contributed by atoms with Gasteiger partial charge in [-0.2, -0.15) is 0 Å². The first kappa shape index (κ1) is 17.0. The molecular formula is C18H22N2O3. The molecule has 0 aliphatic heterocycles. The zero-order valence-electron chi connectivity index (χ0n) is 13.2. The van der Waals surface area contributed by atoms with Gasteiger partial charge in [-0.3, -0.25) is 4.79 Å². The number of nitrogens with one attached hydrogen (secondary N) is 1. The van der Waals surface area contributed by atoms with Crippen molar-refractivity contribution >= 4 is 5.91 Å². The monoisotopic (exact) mass is 314 g/mol. The summed E-state index contributed by atoms with van der Waals surface area (Å²) in [6.45, 7) is 0.0782. The van der Waals surface area contributed by atoms with Gasteiger partial charge in [0.1, 0.15) is 17.9 Å². The van der Waals surface area contributed by atoms with E-state index in [2.05, 4.69) is 5.32 Å². The van der Waals surface area contributed by atoms with Gasteiger partial charge in [0.05, 0.1) is 6.61 Å². The van der Waals surface area contributed by atoms with Gasteiger partial charge in [-0.1, -0.05) is 42.5 Å². The van der Waals surface area contributed by atoms with E-state index in [9.17, 15) is 9.90 Å². The second-order valence-corrected chi connectivity index (χ2v) is 5.49. The SMILES string of the molecule is CNC(=O)[C@](N)(CO)Cc1ccc(OCc2ccccc2)cc1. The molecule has 0 aromatic heterocycles. The van der Waals surface area contributed by atoms with Gasteiger partial charge in [0.15, 0.2) is 0 Å². The van der Waals surface area contributed by atoms with Crippen molar-refractivity contribution in [3.63, 3.8) is 0 Å². The van der Waals surface area contributed by atoms with E-state index in [0.717, 1.165) is 16.9 Å². The number of rotatable bonds is 7. The number of aliphatic hydroxyl groups excluding tert-OH is 1. The van der Waals surface area contributed by atoms with E-state index in [4.69, 9.17) is 10.5 Å². The Hall–Kier alpha value is -2.37. The summed E-state index contributed by atoms with van der Waals surface area (Å²) in [5.74, 6) is 0.355. The molecule has 2 aromatic rings. The van der Waals surface area contributed by atoms with Crippen molar-refractivity contribution in [2.45, 2.75) is 18.6 Å². The van der Waals surface area contributed by atoms with Gasteiger partial charge >= 0.3 is 0 Å². The van der Waals surface area contributed by atoms with E-state index in [-0.39, 0.29) is 12.3 Å². The van der Waals surface area contributed by atoms with Gasteiger partial charge < -0.3 is 20.9 Å². The first-order valence-corrected chi connectivity index (χ1v) is 7.45. The summed E-state index contributed by atoms with van der Waals surface area (Å²) in [4.78, 5) is 11.8. The Balaban J connectivity index is 1.97. The second kappa shape index (κ2) is 7.76. The van der Waals surface area contributed by atoms with Crippen LogP contribution >= 0.6 is 0 Å². The highest BCUT2D eigenvalue weighted by molar-refractivity contribution is 5.86. The largest absolute Gasteiger partial charge is 0.489 e. The van der Waals surface area contributed by atoms with Crippen LogP contribution in [0.4, 0.5) is 0 Å². The van der Waals surface area contributed by atoms with Crippen LogP contribution in [0.2, 0.25) is 0 Å². The fraction of sp³-hybridized carbons (Fsp3) is 0.278. The third kappa shape index (κ3) is 4.55. The minimum atomic E-state index is -1.32. The lowest BCUT2D eigenvalue weighted by Crippen LogP contribution is -2.57. The van der Waals surface area contributed by atoms with Crippen molar-refractivity contribution in [1.29, 1.82) is 0 Å². The summed E-state index contributed by atoms with van der Waals surface area (Å²) in [5.41, 5.74) is 6.60. The predicted octanol–water partition coefficient (Wildman–Crippen LogP) is 1.24. The van der Waals surface area contributed by atoms with Crippen molar-refractivity contribution in [3.8, 4) is 5.75 Å². The molecule has 0 radical (unpaired) electrons. The fourth-order valence-electron chi connectivity index (χ4n) is 2.27. The summed E-state index contributed by atoms with van der Waals surface area (Å²) in [7, 11) is 1.50. The number of amides is 1. The number of aliphatic hydroxyl groups is 1. The normalized spacial score (nSPS) is 13.2. The van der Waals surface area contributed by atoms with Crippen molar-refractivity contribution in [2.24, 2.45) is 5.73 Å². The smallest absolute Gasteiger partial charge is 0.242 e. The van der Waals surface area contributed by atoms with Gasteiger partial charge in [-0.15, -0.1) is 0 Å². The molecule has 0 aliphatic carbocycles. The molecule has 2 aromatic carbocycles. The third-order valence-electron chi connectivity index (χ3n) is 3.65. The Morgan fingerprint density at radius 3 is 2.35 bits per heavy atom. The highest BCUT2D eigenvalue weighted by atomic mass is 16.5. The topological polar surface area (TPSA) is 84.6 Å². The second-order valence-electron chi connectivity index (χ2n) is 5.49. The summed E-state index contributed by atoms with van der Waals surface area (Å²) in [6.07, 6.45) is 0.252. The lowest BCUT2D eigenvalue weighted by molar-refractivity contribution is -0.127.